The van der Waals surface area contributed by atoms with Gasteiger partial charge in [-0.3, -0.25) is 14.7 Å². The lowest BCUT2D eigenvalue weighted by atomic mass is 10.1. The highest BCUT2D eigenvalue weighted by atomic mass is 16.5. The fourth-order valence-electron chi connectivity index (χ4n) is 3.76. The van der Waals surface area contributed by atoms with Crippen LogP contribution in [0.15, 0.2) is 55.0 Å². The first-order chi connectivity index (χ1) is 15.1. The molecule has 0 aliphatic carbocycles. The zero-order chi connectivity index (χ0) is 21.8. The maximum atomic E-state index is 13.4. The van der Waals surface area contributed by atoms with Crippen LogP contribution in [0.3, 0.4) is 0 Å². The number of rotatable bonds is 5. The smallest absolute Gasteiger partial charge is 0.257 e. The maximum Gasteiger partial charge on any atom is 0.257 e. The van der Waals surface area contributed by atoms with Crippen LogP contribution < -0.4 is 4.74 Å². The molecule has 1 amide bonds. The highest BCUT2D eigenvalue weighted by Crippen LogP contribution is 2.26. The van der Waals surface area contributed by atoms with Gasteiger partial charge in [-0.15, -0.1) is 0 Å². The van der Waals surface area contributed by atoms with Crippen LogP contribution in [0.25, 0.3) is 22.6 Å². The SMILES string of the molecule is COc1ccc(-c2ncc(C(=O)N3CCN(C(C)C)CC3)c(-c3ccncc3)n2)cc1. The molecule has 4 rings (SSSR count). The van der Waals surface area contributed by atoms with Gasteiger partial charge in [-0.1, -0.05) is 0 Å². The number of piperazine rings is 1. The molecule has 0 unspecified atom stereocenters. The summed E-state index contributed by atoms with van der Waals surface area (Å²) in [5.41, 5.74) is 2.85. The van der Waals surface area contributed by atoms with E-state index in [9.17, 15) is 4.79 Å². The number of methoxy groups -OCH3 is 1. The Hall–Kier alpha value is -3.32. The number of aromatic nitrogens is 3. The van der Waals surface area contributed by atoms with Gasteiger partial charge in [0.15, 0.2) is 5.82 Å². The third-order valence-electron chi connectivity index (χ3n) is 5.65. The normalized spacial score (nSPS) is 14.6. The number of carbonyl (C=O) groups is 1. The van der Waals surface area contributed by atoms with Crippen LogP contribution >= 0.6 is 0 Å². The Morgan fingerprint density at radius 1 is 0.968 bits per heavy atom. The first-order valence-electron chi connectivity index (χ1n) is 10.5. The van der Waals surface area contributed by atoms with E-state index >= 15 is 0 Å². The van der Waals surface area contributed by atoms with Crippen molar-refractivity contribution in [2.45, 2.75) is 19.9 Å². The molecule has 7 heteroatoms. The highest BCUT2D eigenvalue weighted by Gasteiger charge is 2.26. The lowest BCUT2D eigenvalue weighted by molar-refractivity contribution is 0.0595. The zero-order valence-electron chi connectivity index (χ0n) is 18.2. The highest BCUT2D eigenvalue weighted by molar-refractivity contribution is 6.00. The molecular weight excluding hydrogens is 390 g/mol. The minimum Gasteiger partial charge on any atom is -0.497 e. The number of nitrogens with zero attached hydrogens (tertiary/aromatic N) is 5. The van der Waals surface area contributed by atoms with Gasteiger partial charge in [0.2, 0.25) is 0 Å². The monoisotopic (exact) mass is 417 g/mol. The van der Waals surface area contributed by atoms with Crippen LogP contribution in [0.5, 0.6) is 5.75 Å². The summed E-state index contributed by atoms with van der Waals surface area (Å²) >= 11 is 0. The standard InChI is InChI=1S/C24H27N5O2/c1-17(2)28-12-14-29(15-13-28)24(30)21-16-26-23(19-4-6-20(31-3)7-5-19)27-22(21)18-8-10-25-11-9-18/h4-11,16-17H,12-15H2,1-3H3. The van der Waals surface area contributed by atoms with E-state index in [4.69, 9.17) is 9.72 Å². The van der Waals surface area contributed by atoms with E-state index < -0.39 is 0 Å². The predicted octanol–water partition coefficient (Wildman–Crippen LogP) is 3.38. The lowest BCUT2D eigenvalue weighted by Crippen LogP contribution is -2.50. The Bertz CT molecular complexity index is 1030. The molecule has 1 aromatic carbocycles. The van der Waals surface area contributed by atoms with E-state index in [1.165, 1.54) is 0 Å². The van der Waals surface area contributed by atoms with Gasteiger partial charge in [-0.05, 0) is 50.2 Å². The number of pyridine rings is 1. The molecule has 0 N–H and O–H groups in total. The van der Waals surface area contributed by atoms with Crippen LogP contribution in [0.2, 0.25) is 0 Å². The van der Waals surface area contributed by atoms with Crippen molar-refractivity contribution in [2.24, 2.45) is 0 Å². The van der Waals surface area contributed by atoms with E-state index in [-0.39, 0.29) is 5.91 Å². The number of carbonyl (C=O) groups excluding carboxylic acids is 1. The minimum absolute atomic E-state index is 0.0310. The zero-order valence-corrected chi connectivity index (χ0v) is 18.2. The Morgan fingerprint density at radius 2 is 1.65 bits per heavy atom. The molecule has 2 aromatic heterocycles. The topological polar surface area (TPSA) is 71.5 Å². The Balaban J connectivity index is 1.68. The molecule has 0 saturated carbocycles. The van der Waals surface area contributed by atoms with Gasteiger partial charge in [0.1, 0.15) is 5.75 Å². The summed E-state index contributed by atoms with van der Waals surface area (Å²) in [6.45, 7) is 7.52. The summed E-state index contributed by atoms with van der Waals surface area (Å²) in [5.74, 6) is 1.30. The second kappa shape index (κ2) is 9.22. The molecule has 0 radical (unpaired) electrons. The molecule has 1 aliphatic heterocycles. The summed E-state index contributed by atoms with van der Waals surface area (Å²) in [4.78, 5) is 31.1. The maximum absolute atomic E-state index is 13.4. The molecule has 3 aromatic rings. The number of hydrogen-bond donors (Lipinski definition) is 0. The van der Waals surface area contributed by atoms with Crippen molar-refractivity contribution in [2.75, 3.05) is 33.3 Å². The van der Waals surface area contributed by atoms with Gasteiger partial charge < -0.3 is 9.64 Å². The third-order valence-corrected chi connectivity index (χ3v) is 5.65. The molecule has 31 heavy (non-hydrogen) atoms. The van der Waals surface area contributed by atoms with Crippen molar-refractivity contribution in [3.8, 4) is 28.4 Å². The van der Waals surface area contributed by atoms with Gasteiger partial charge in [-0.2, -0.15) is 0 Å². The minimum atomic E-state index is -0.0310. The van der Waals surface area contributed by atoms with Crippen molar-refractivity contribution >= 4 is 5.91 Å². The van der Waals surface area contributed by atoms with Crippen LogP contribution in [0.4, 0.5) is 0 Å². The number of benzene rings is 1. The van der Waals surface area contributed by atoms with Crippen LogP contribution in [0.1, 0.15) is 24.2 Å². The van der Waals surface area contributed by atoms with Crippen LogP contribution in [-0.4, -0.2) is 70.0 Å². The lowest BCUT2D eigenvalue weighted by Gasteiger charge is -2.37. The average Bonchev–Trinajstić information content (AvgIpc) is 2.84. The fourth-order valence-corrected chi connectivity index (χ4v) is 3.76. The second-order valence-electron chi connectivity index (χ2n) is 7.84. The first kappa shape index (κ1) is 20.9. The molecule has 0 spiro atoms. The molecule has 0 atom stereocenters. The Kier molecular flexibility index (Phi) is 6.23. The van der Waals surface area contributed by atoms with Crippen molar-refractivity contribution in [3.63, 3.8) is 0 Å². The molecule has 160 valence electrons. The molecule has 3 heterocycles. The van der Waals surface area contributed by atoms with Gasteiger partial charge in [-0.25, -0.2) is 9.97 Å². The Morgan fingerprint density at radius 3 is 2.26 bits per heavy atom. The van der Waals surface area contributed by atoms with Crippen LogP contribution in [0, 0.1) is 0 Å². The van der Waals surface area contributed by atoms with Gasteiger partial charge in [0, 0.05) is 61.9 Å². The van der Waals surface area contributed by atoms with Gasteiger partial charge >= 0.3 is 0 Å². The first-order valence-corrected chi connectivity index (χ1v) is 10.5. The molecule has 7 nitrogen and oxygen atoms in total. The van der Waals surface area contributed by atoms with E-state index in [2.05, 4.69) is 28.7 Å². The van der Waals surface area contributed by atoms with Gasteiger partial charge in [0.25, 0.3) is 5.91 Å². The molecule has 1 saturated heterocycles. The summed E-state index contributed by atoms with van der Waals surface area (Å²) in [5, 5.41) is 0. The van der Waals surface area contributed by atoms with Crippen molar-refractivity contribution < 1.29 is 9.53 Å². The molecule has 1 fully saturated rings. The van der Waals surface area contributed by atoms with Crippen molar-refractivity contribution in [3.05, 3.63) is 60.6 Å². The van der Waals surface area contributed by atoms with Crippen molar-refractivity contribution in [1.29, 1.82) is 0 Å². The van der Waals surface area contributed by atoms with E-state index in [0.29, 0.717) is 36.2 Å². The summed E-state index contributed by atoms with van der Waals surface area (Å²) in [7, 11) is 1.63. The van der Waals surface area contributed by atoms with E-state index in [1.54, 1.807) is 25.7 Å². The average molecular weight is 418 g/mol. The summed E-state index contributed by atoms with van der Waals surface area (Å²) in [6, 6.07) is 11.8. The Labute approximate surface area is 182 Å². The largest absolute Gasteiger partial charge is 0.497 e. The van der Waals surface area contributed by atoms with Crippen LogP contribution in [-0.2, 0) is 0 Å². The third kappa shape index (κ3) is 4.56. The number of hydrogen-bond acceptors (Lipinski definition) is 6. The quantitative estimate of drug-likeness (QED) is 0.634. The molecule has 0 bridgehead atoms. The van der Waals surface area contributed by atoms with Crippen molar-refractivity contribution in [1.82, 2.24) is 24.8 Å². The van der Waals surface area contributed by atoms with E-state index in [1.807, 2.05) is 41.3 Å². The second-order valence-corrected chi connectivity index (χ2v) is 7.84. The predicted molar refractivity (Wildman–Crippen MR) is 120 cm³/mol. The fraction of sp³-hybridized carbons (Fsp3) is 0.333. The number of amides is 1. The van der Waals surface area contributed by atoms with E-state index in [0.717, 1.165) is 30.0 Å². The van der Waals surface area contributed by atoms with Gasteiger partial charge in [0.05, 0.1) is 18.4 Å². The summed E-state index contributed by atoms with van der Waals surface area (Å²) < 4.78 is 5.24. The molecular formula is C24H27N5O2. The molecule has 1 aliphatic rings. The summed E-state index contributed by atoms with van der Waals surface area (Å²) in [6.07, 6.45) is 5.07. The number of ether oxygens (including phenoxy) is 1.